The number of ether oxygens (including phenoxy) is 1. The van der Waals surface area contributed by atoms with Gasteiger partial charge in [0, 0.05) is 6.07 Å². The van der Waals surface area contributed by atoms with E-state index in [1.54, 1.807) is 12.1 Å². The minimum Gasteiger partial charge on any atom is -0.481 e. The first-order valence-corrected chi connectivity index (χ1v) is 7.29. The third kappa shape index (κ3) is 3.74. The maximum atomic E-state index is 11.2. The zero-order chi connectivity index (χ0) is 15.5. The second-order valence-corrected chi connectivity index (χ2v) is 5.57. The predicted molar refractivity (Wildman–Crippen MR) is 71.5 cm³/mol. The molecule has 2 aromatic rings. The average Bonchev–Trinajstić information content (AvgIpc) is 2.45. The molecular formula is C12H12N3O5S+. The molecule has 0 aliphatic rings. The normalized spacial score (nSPS) is 11.1. The second-order valence-electron chi connectivity index (χ2n) is 4.06. The van der Waals surface area contributed by atoms with Gasteiger partial charge in [-0.1, -0.05) is 30.3 Å². The van der Waals surface area contributed by atoms with E-state index in [9.17, 15) is 13.3 Å². The van der Waals surface area contributed by atoms with Crippen LogP contribution in [-0.4, -0.2) is 23.5 Å². The maximum Gasteiger partial charge on any atom is 0.451 e. The minimum absolute atomic E-state index is 0.0660. The zero-order valence-corrected chi connectivity index (χ0v) is 11.5. The van der Waals surface area contributed by atoms with Crippen LogP contribution in [0, 0.1) is 4.91 Å². The number of primary sulfonamides is 1. The summed E-state index contributed by atoms with van der Waals surface area (Å²) in [7, 11) is -4.09. The van der Waals surface area contributed by atoms with Gasteiger partial charge >= 0.3 is 5.82 Å². The molecule has 1 aromatic carbocycles. The van der Waals surface area contributed by atoms with Crippen molar-refractivity contribution in [2.75, 3.05) is 0 Å². The molecule has 0 saturated heterocycles. The van der Waals surface area contributed by atoms with Crippen LogP contribution in [0.1, 0.15) is 5.56 Å². The quantitative estimate of drug-likeness (QED) is 0.797. The summed E-state index contributed by atoms with van der Waals surface area (Å²) >= 11 is 0. The van der Waals surface area contributed by atoms with Gasteiger partial charge in [-0.3, -0.25) is 0 Å². The van der Waals surface area contributed by atoms with Crippen molar-refractivity contribution in [3.63, 3.8) is 0 Å². The second kappa shape index (κ2) is 5.85. The van der Waals surface area contributed by atoms with Crippen molar-refractivity contribution >= 4 is 15.8 Å². The smallest absolute Gasteiger partial charge is 0.451 e. The van der Waals surface area contributed by atoms with Gasteiger partial charge in [0.25, 0.3) is 15.0 Å². The lowest BCUT2D eigenvalue weighted by molar-refractivity contribution is -0.732. The van der Waals surface area contributed by atoms with E-state index < -0.39 is 25.8 Å². The van der Waals surface area contributed by atoms with E-state index in [2.05, 4.69) is 4.98 Å². The van der Waals surface area contributed by atoms with Crippen LogP contribution < -0.4 is 9.88 Å². The number of pyridine rings is 1. The van der Waals surface area contributed by atoms with Gasteiger partial charge in [0.2, 0.25) is 5.75 Å². The van der Waals surface area contributed by atoms with E-state index in [4.69, 9.17) is 15.1 Å². The molecule has 0 unspecified atom stereocenters. The minimum atomic E-state index is -4.09. The zero-order valence-electron chi connectivity index (χ0n) is 10.7. The van der Waals surface area contributed by atoms with Crippen molar-refractivity contribution in [2.45, 2.75) is 11.6 Å². The SMILES string of the molecule is NS(=O)(=O)c1ccc(OCc2ccccc2)c([N+](=O)O)n1. The molecule has 0 spiro atoms. The summed E-state index contributed by atoms with van der Waals surface area (Å²) in [5.74, 6) is -0.652. The number of sulfonamides is 1. The van der Waals surface area contributed by atoms with Gasteiger partial charge in [-0.2, -0.15) is 0 Å². The van der Waals surface area contributed by atoms with Gasteiger partial charge in [-0.05, 0) is 21.5 Å². The average molecular weight is 310 g/mol. The first-order chi connectivity index (χ1) is 9.88. The number of hydrogen-bond donors (Lipinski definition) is 2. The van der Waals surface area contributed by atoms with Gasteiger partial charge in [-0.15, -0.1) is 0 Å². The Labute approximate surface area is 120 Å². The lowest BCUT2D eigenvalue weighted by Gasteiger charge is -2.05. The van der Waals surface area contributed by atoms with Crippen LogP contribution in [-0.2, 0) is 16.6 Å². The molecular weight excluding hydrogens is 298 g/mol. The molecule has 0 fully saturated rings. The van der Waals surface area contributed by atoms with E-state index in [0.717, 1.165) is 11.6 Å². The lowest BCUT2D eigenvalue weighted by atomic mass is 10.2. The lowest BCUT2D eigenvalue weighted by Crippen LogP contribution is -2.15. The molecule has 0 saturated carbocycles. The van der Waals surface area contributed by atoms with E-state index in [1.807, 2.05) is 18.2 Å². The number of hydrogen-bond acceptors (Lipinski definition) is 5. The number of rotatable bonds is 5. The van der Waals surface area contributed by atoms with Gasteiger partial charge in [-0.25, -0.2) is 13.6 Å². The molecule has 21 heavy (non-hydrogen) atoms. The summed E-state index contributed by atoms with van der Waals surface area (Å²) in [5.41, 5.74) is 0.828. The number of nitrogens with zero attached hydrogens (tertiary/aromatic N) is 2. The molecule has 0 atom stereocenters. The van der Waals surface area contributed by atoms with Gasteiger partial charge < -0.3 is 9.94 Å². The number of nitrogens with two attached hydrogens (primary N) is 1. The van der Waals surface area contributed by atoms with Crippen LogP contribution >= 0.6 is 0 Å². The molecule has 1 aromatic heterocycles. The summed E-state index contributed by atoms with van der Waals surface area (Å²) in [5, 5.41) is 13.4. The summed E-state index contributed by atoms with van der Waals surface area (Å²) < 4.78 is 27.7. The largest absolute Gasteiger partial charge is 0.481 e. The van der Waals surface area contributed by atoms with E-state index in [-0.39, 0.29) is 12.4 Å². The van der Waals surface area contributed by atoms with Crippen molar-refractivity contribution < 1.29 is 23.3 Å². The molecule has 0 aliphatic heterocycles. The van der Waals surface area contributed by atoms with E-state index in [1.165, 1.54) is 6.07 Å². The van der Waals surface area contributed by atoms with E-state index in [0.29, 0.717) is 0 Å². The number of benzene rings is 1. The van der Waals surface area contributed by atoms with Crippen molar-refractivity contribution in [2.24, 2.45) is 5.14 Å². The first-order valence-electron chi connectivity index (χ1n) is 5.74. The fourth-order valence-corrected chi connectivity index (χ4v) is 2.03. The third-order valence-electron chi connectivity index (χ3n) is 2.52. The Bertz CT molecular complexity index is 762. The third-order valence-corrected chi connectivity index (χ3v) is 3.33. The highest BCUT2D eigenvalue weighted by atomic mass is 32.2. The molecule has 0 bridgehead atoms. The Morgan fingerprint density at radius 3 is 2.43 bits per heavy atom. The standard InChI is InChI=1S/C12H12N3O5S/c13-21(18,19)11-7-6-10(12(14-11)15(16)17)20-8-9-4-2-1-3-5-9/h1-7H,8H2,(H,16,17)(H2,13,18,19)/q+1. The van der Waals surface area contributed by atoms with Crippen molar-refractivity contribution in [3.05, 3.63) is 52.9 Å². The molecule has 3 N–H and O–H groups in total. The van der Waals surface area contributed by atoms with Crippen LogP contribution in [0.15, 0.2) is 47.5 Å². The highest BCUT2D eigenvalue weighted by molar-refractivity contribution is 7.89. The van der Waals surface area contributed by atoms with Gasteiger partial charge in [0.15, 0.2) is 4.92 Å². The van der Waals surface area contributed by atoms with Crippen molar-refractivity contribution in [1.82, 2.24) is 4.98 Å². The topological polar surface area (TPSA) is 123 Å². The molecule has 0 aliphatic carbocycles. The van der Waals surface area contributed by atoms with Crippen LogP contribution in [0.5, 0.6) is 5.75 Å². The fraction of sp³-hybridized carbons (Fsp3) is 0.0833. The summed E-state index contributed by atoms with van der Waals surface area (Å²) in [4.78, 5) is 14.0. The van der Waals surface area contributed by atoms with Crippen LogP contribution in [0.25, 0.3) is 0 Å². The highest BCUT2D eigenvalue weighted by Gasteiger charge is 2.27. The Kier molecular flexibility index (Phi) is 4.15. The summed E-state index contributed by atoms with van der Waals surface area (Å²) in [6, 6.07) is 11.4. The molecule has 0 amide bonds. The van der Waals surface area contributed by atoms with Crippen LogP contribution in [0.3, 0.4) is 0 Å². The Hall–Kier alpha value is -2.52. The summed E-state index contributed by atoms with van der Waals surface area (Å²) in [6.45, 7) is 0.123. The van der Waals surface area contributed by atoms with Crippen LogP contribution in [0.2, 0.25) is 0 Å². The molecule has 0 radical (unpaired) electrons. The van der Waals surface area contributed by atoms with E-state index >= 15 is 0 Å². The number of aromatic nitrogens is 1. The Balaban J connectivity index is 2.29. The van der Waals surface area contributed by atoms with Crippen molar-refractivity contribution in [3.8, 4) is 5.75 Å². The first kappa shape index (κ1) is 14.9. The Morgan fingerprint density at radius 2 is 1.86 bits per heavy atom. The molecule has 1 heterocycles. The molecule has 9 heteroatoms. The monoisotopic (exact) mass is 310 g/mol. The fourth-order valence-electron chi connectivity index (χ4n) is 1.56. The summed E-state index contributed by atoms with van der Waals surface area (Å²) in [6.07, 6.45) is 0. The highest BCUT2D eigenvalue weighted by Crippen LogP contribution is 2.26. The predicted octanol–water partition coefficient (Wildman–Crippen LogP) is 1.11. The molecule has 110 valence electrons. The molecule has 8 nitrogen and oxygen atoms in total. The van der Waals surface area contributed by atoms with Gasteiger partial charge in [0.05, 0.1) is 0 Å². The maximum absolute atomic E-state index is 11.2. The van der Waals surface area contributed by atoms with Crippen molar-refractivity contribution in [1.29, 1.82) is 0 Å². The molecule has 2 rings (SSSR count). The van der Waals surface area contributed by atoms with Gasteiger partial charge in [0.1, 0.15) is 6.61 Å². The Morgan fingerprint density at radius 1 is 1.19 bits per heavy atom. The van der Waals surface area contributed by atoms with Crippen LogP contribution in [0.4, 0.5) is 5.82 Å².